The van der Waals surface area contributed by atoms with Gasteiger partial charge in [0.2, 0.25) is 10.0 Å². The van der Waals surface area contributed by atoms with Crippen LogP contribution in [0.2, 0.25) is 10.0 Å². The van der Waals surface area contributed by atoms with Gasteiger partial charge in [-0.3, -0.25) is 0 Å². The second-order valence-electron chi connectivity index (χ2n) is 6.22. The van der Waals surface area contributed by atoms with E-state index in [1.54, 1.807) is 13.2 Å². The van der Waals surface area contributed by atoms with Gasteiger partial charge < -0.3 is 9.64 Å². The summed E-state index contributed by atoms with van der Waals surface area (Å²) in [6, 6.07) is 12.4. The number of sulfonamides is 1. The second kappa shape index (κ2) is 8.15. The summed E-state index contributed by atoms with van der Waals surface area (Å²) in [5.74, 6) is 0.862. The molecule has 0 amide bonds. The lowest BCUT2D eigenvalue weighted by Crippen LogP contribution is -3.13. The van der Waals surface area contributed by atoms with Gasteiger partial charge in [0.05, 0.1) is 38.3 Å². The molecule has 26 heavy (non-hydrogen) atoms. The molecule has 0 saturated carbocycles. The van der Waals surface area contributed by atoms with E-state index in [0.29, 0.717) is 18.1 Å². The van der Waals surface area contributed by atoms with Gasteiger partial charge >= 0.3 is 0 Å². The molecule has 1 N–H and O–H groups in total. The number of para-hydroxylation sites is 1. The van der Waals surface area contributed by atoms with Gasteiger partial charge in [0.1, 0.15) is 17.2 Å². The topological polar surface area (TPSA) is 51.1 Å². The number of halogens is 2. The molecule has 0 aliphatic carbocycles. The summed E-state index contributed by atoms with van der Waals surface area (Å²) in [5, 5.41) is 0.548. The molecule has 0 aromatic heterocycles. The molecule has 2 aromatic carbocycles. The molecule has 0 bridgehead atoms. The molecule has 1 aliphatic heterocycles. The van der Waals surface area contributed by atoms with Crippen molar-refractivity contribution >= 4 is 33.2 Å². The zero-order valence-electron chi connectivity index (χ0n) is 14.4. The van der Waals surface area contributed by atoms with Gasteiger partial charge in [-0.1, -0.05) is 35.3 Å². The number of nitrogens with zero attached hydrogens (tertiary/aromatic N) is 1. The van der Waals surface area contributed by atoms with Crippen molar-refractivity contribution in [3.8, 4) is 5.75 Å². The Morgan fingerprint density at radius 2 is 1.81 bits per heavy atom. The molecular weight excluding hydrogens is 395 g/mol. The van der Waals surface area contributed by atoms with Crippen LogP contribution in [0.4, 0.5) is 0 Å². The molecule has 2 aromatic rings. The van der Waals surface area contributed by atoms with Crippen molar-refractivity contribution in [3.63, 3.8) is 0 Å². The predicted molar refractivity (Wildman–Crippen MR) is 103 cm³/mol. The highest BCUT2D eigenvalue weighted by Crippen LogP contribution is 2.27. The van der Waals surface area contributed by atoms with Crippen LogP contribution in [0.1, 0.15) is 5.56 Å². The summed E-state index contributed by atoms with van der Waals surface area (Å²) in [4.78, 5) is 1.39. The van der Waals surface area contributed by atoms with E-state index in [9.17, 15) is 8.42 Å². The average molecular weight is 416 g/mol. The zero-order valence-corrected chi connectivity index (χ0v) is 16.7. The van der Waals surface area contributed by atoms with Crippen molar-refractivity contribution in [2.75, 3.05) is 33.3 Å². The van der Waals surface area contributed by atoms with Gasteiger partial charge in [0.15, 0.2) is 0 Å². The first-order valence-corrected chi connectivity index (χ1v) is 10.5. The molecule has 1 fully saturated rings. The van der Waals surface area contributed by atoms with Crippen molar-refractivity contribution in [2.45, 2.75) is 11.4 Å². The van der Waals surface area contributed by atoms with Gasteiger partial charge in [0.25, 0.3) is 0 Å². The average Bonchev–Trinajstić information content (AvgIpc) is 2.64. The third kappa shape index (κ3) is 4.15. The van der Waals surface area contributed by atoms with Gasteiger partial charge in [0, 0.05) is 10.6 Å². The number of benzene rings is 2. The van der Waals surface area contributed by atoms with Crippen LogP contribution in [0.5, 0.6) is 5.75 Å². The number of piperazine rings is 1. The minimum Gasteiger partial charge on any atom is -0.496 e. The number of hydrogen-bond donors (Lipinski definition) is 1. The maximum absolute atomic E-state index is 12.9. The fourth-order valence-corrected chi connectivity index (χ4v) is 5.33. The number of nitrogens with one attached hydrogen (secondary N) is 1. The molecule has 1 heterocycles. The predicted octanol–water partition coefficient (Wildman–Crippen LogP) is 2.09. The Balaban J connectivity index is 1.69. The van der Waals surface area contributed by atoms with Crippen molar-refractivity contribution in [1.82, 2.24) is 4.31 Å². The first-order chi connectivity index (χ1) is 12.4. The monoisotopic (exact) mass is 415 g/mol. The standard InChI is InChI=1S/C18H20Cl2N2O3S/c1-25-17-5-3-2-4-14(17)13-21-8-10-22(11-9-21)26(23,24)18-12-15(19)6-7-16(18)20/h2-7,12H,8-11,13H2,1H3/p+1. The van der Waals surface area contributed by atoms with Crippen LogP contribution >= 0.6 is 23.2 Å². The van der Waals surface area contributed by atoms with E-state index in [1.807, 2.05) is 24.3 Å². The molecule has 140 valence electrons. The first kappa shape index (κ1) is 19.5. The Bertz CT molecular complexity index is 882. The number of rotatable bonds is 5. The highest BCUT2D eigenvalue weighted by molar-refractivity contribution is 7.89. The van der Waals surface area contributed by atoms with Crippen LogP contribution in [-0.4, -0.2) is 46.0 Å². The minimum absolute atomic E-state index is 0.0693. The highest BCUT2D eigenvalue weighted by atomic mass is 35.5. The smallest absolute Gasteiger partial charge is 0.245 e. The molecule has 1 saturated heterocycles. The number of methoxy groups -OCH3 is 1. The van der Waals surface area contributed by atoms with Gasteiger partial charge in [-0.05, 0) is 30.3 Å². The lowest BCUT2D eigenvalue weighted by Gasteiger charge is -2.32. The quantitative estimate of drug-likeness (QED) is 0.813. The largest absolute Gasteiger partial charge is 0.496 e. The molecule has 8 heteroatoms. The summed E-state index contributed by atoms with van der Waals surface area (Å²) in [7, 11) is -1.99. The Morgan fingerprint density at radius 3 is 2.50 bits per heavy atom. The maximum Gasteiger partial charge on any atom is 0.245 e. The molecular formula is C18H21Cl2N2O3S+. The van der Waals surface area contributed by atoms with Gasteiger partial charge in [-0.15, -0.1) is 0 Å². The summed E-state index contributed by atoms with van der Waals surface area (Å²) in [5.41, 5.74) is 1.12. The van der Waals surface area contributed by atoms with E-state index in [-0.39, 0.29) is 9.92 Å². The van der Waals surface area contributed by atoms with Crippen LogP contribution in [0.15, 0.2) is 47.4 Å². The molecule has 3 rings (SSSR count). The van der Waals surface area contributed by atoms with Crippen LogP contribution in [0.25, 0.3) is 0 Å². The molecule has 1 aliphatic rings. The normalized spacial score (nSPS) is 16.6. The Kier molecular flexibility index (Phi) is 6.10. The fraction of sp³-hybridized carbons (Fsp3) is 0.333. The van der Waals surface area contributed by atoms with E-state index in [0.717, 1.165) is 30.9 Å². The fourth-order valence-electron chi connectivity index (χ4n) is 3.15. The molecule has 0 spiro atoms. The summed E-state index contributed by atoms with van der Waals surface area (Å²) >= 11 is 12.0. The summed E-state index contributed by atoms with van der Waals surface area (Å²) < 4.78 is 32.6. The molecule has 0 radical (unpaired) electrons. The lowest BCUT2D eigenvalue weighted by atomic mass is 10.2. The molecule has 5 nitrogen and oxygen atoms in total. The van der Waals surface area contributed by atoms with Crippen LogP contribution in [-0.2, 0) is 16.6 Å². The number of hydrogen-bond acceptors (Lipinski definition) is 3. The van der Waals surface area contributed by atoms with E-state index in [2.05, 4.69) is 0 Å². The van der Waals surface area contributed by atoms with Crippen molar-refractivity contribution < 1.29 is 18.1 Å². The Labute approximate surface area is 164 Å². The number of quaternary nitrogens is 1. The van der Waals surface area contributed by atoms with Gasteiger partial charge in [-0.25, -0.2) is 8.42 Å². The summed E-state index contributed by atoms with van der Waals surface area (Å²) in [6.45, 7) is 3.12. The summed E-state index contributed by atoms with van der Waals surface area (Å²) in [6.07, 6.45) is 0. The lowest BCUT2D eigenvalue weighted by molar-refractivity contribution is -0.917. The zero-order chi connectivity index (χ0) is 18.7. The maximum atomic E-state index is 12.9. The molecule has 0 unspecified atom stereocenters. The van der Waals surface area contributed by atoms with Crippen molar-refractivity contribution in [1.29, 1.82) is 0 Å². The van der Waals surface area contributed by atoms with Crippen molar-refractivity contribution in [3.05, 3.63) is 58.1 Å². The Morgan fingerprint density at radius 1 is 1.12 bits per heavy atom. The third-order valence-electron chi connectivity index (χ3n) is 4.57. The van der Waals surface area contributed by atoms with E-state index >= 15 is 0 Å². The SMILES string of the molecule is COc1ccccc1C[NH+]1CCN(S(=O)(=O)c2cc(Cl)ccc2Cl)CC1. The highest BCUT2D eigenvalue weighted by Gasteiger charge is 2.32. The minimum atomic E-state index is -3.65. The second-order valence-corrected chi connectivity index (χ2v) is 8.97. The van der Waals surface area contributed by atoms with Gasteiger partial charge in [-0.2, -0.15) is 4.31 Å². The van der Waals surface area contributed by atoms with E-state index in [1.165, 1.54) is 21.3 Å². The van der Waals surface area contributed by atoms with Crippen LogP contribution in [0, 0.1) is 0 Å². The van der Waals surface area contributed by atoms with Crippen LogP contribution < -0.4 is 9.64 Å². The van der Waals surface area contributed by atoms with E-state index in [4.69, 9.17) is 27.9 Å². The van der Waals surface area contributed by atoms with E-state index < -0.39 is 10.0 Å². The Hall–Kier alpha value is -1.31. The number of ether oxygens (including phenoxy) is 1. The van der Waals surface area contributed by atoms with Crippen molar-refractivity contribution in [2.24, 2.45) is 0 Å². The van der Waals surface area contributed by atoms with Crippen LogP contribution in [0.3, 0.4) is 0 Å². The first-order valence-electron chi connectivity index (χ1n) is 8.32. The third-order valence-corrected chi connectivity index (χ3v) is 7.19. The molecule has 0 atom stereocenters.